The second kappa shape index (κ2) is 13.3. The lowest BCUT2D eigenvalue weighted by Gasteiger charge is -2.30. The van der Waals surface area contributed by atoms with Crippen molar-refractivity contribution in [2.75, 3.05) is 18.5 Å². The number of carbonyl (C=O) groups excluding carboxylic acids is 2. The van der Waals surface area contributed by atoms with Crippen LogP contribution in [0, 0.1) is 5.92 Å². The van der Waals surface area contributed by atoms with Crippen LogP contribution in [0.3, 0.4) is 0 Å². The third-order valence-corrected chi connectivity index (χ3v) is 7.38. The molecule has 0 atom stereocenters. The van der Waals surface area contributed by atoms with Crippen LogP contribution < -0.4 is 26.4 Å². The number of aromatic amines is 1. The molecule has 1 aliphatic rings. The highest BCUT2D eigenvalue weighted by molar-refractivity contribution is 6.39. The number of nitrogens with two attached hydrogens (primary N) is 1. The van der Waals surface area contributed by atoms with Gasteiger partial charge in [0.25, 0.3) is 12.3 Å². The predicted molar refractivity (Wildman–Crippen MR) is 145 cm³/mol. The van der Waals surface area contributed by atoms with E-state index in [1.54, 1.807) is 12.1 Å². The number of imidazole rings is 1. The van der Waals surface area contributed by atoms with Crippen molar-refractivity contribution in [3.05, 3.63) is 39.4 Å². The number of aromatic nitrogens is 3. The topological polar surface area (TPSA) is 147 Å². The first-order valence-corrected chi connectivity index (χ1v) is 13.5. The first-order valence-electron chi connectivity index (χ1n) is 12.8. The number of rotatable bonds is 10. The Balaban J connectivity index is 1.57. The lowest BCUT2D eigenvalue weighted by atomic mass is 9.85. The highest BCUT2D eigenvalue weighted by atomic mass is 35.5. The lowest BCUT2D eigenvalue weighted by Crippen LogP contribution is -2.40. The Morgan fingerprint density at radius 1 is 1.14 bits per heavy atom. The predicted octanol–water partition coefficient (Wildman–Crippen LogP) is 5.08. The number of hydrogen-bond donors (Lipinski definition) is 5. The van der Waals surface area contributed by atoms with Gasteiger partial charge in [-0.05, 0) is 43.4 Å². The second-order valence-electron chi connectivity index (χ2n) is 9.56. The van der Waals surface area contributed by atoms with Crippen molar-refractivity contribution in [1.29, 1.82) is 0 Å². The first kappa shape index (κ1) is 31.5. The highest BCUT2D eigenvalue weighted by Gasteiger charge is 2.41. The molecule has 1 saturated carbocycles. The minimum Gasteiger partial charge on any atom is -0.471 e. The number of nitrogens with one attached hydrogen (secondary N) is 4. The molecular weight excluding hydrogens is 612 g/mol. The number of carbonyl (C=O) groups is 2. The van der Waals surface area contributed by atoms with Crippen LogP contribution in [-0.2, 0) is 11.3 Å². The van der Waals surface area contributed by atoms with E-state index < -0.39 is 48.9 Å². The van der Waals surface area contributed by atoms with E-state index in [1.807, 2.05) is 0 Å². The zero-order valence-electron chi connectivity index (χ0n) is 21.8. The standard InChI is InChI=1S/C25H26Cl2F5N7O3/c26-15-6-1-11(9-34-18(40)8-33)19(27)20(15)37-24-36-16-7-14(23(38-21(16)39-24)42-10-17(28)29)22(41)35-13-4-2-12(3-5-13)25(30,31)32/h1,6-7,12-13,17H,2-5,8-10,33H2,(H,34,40)(H,35,41)(H2,36,37,38,39). The molecule has 2 aromatic heterocycles. The van der Waals surface area contributed by atoms with E-state index in [0.29, 0.717) is 5.56 Å². The Hall–Kier alpha value is -3.43. The smallest absolute Gasteiger partial charge is 0.391 e. The number of amides is 2. The van der Waals surface area contributed by atoms with Gasteiger partial charge in [-0.1, -0.05) is 29.3 Å². The average molecular weight is 638 g/mol. The maximum Gasteiger partial charge on any atom is 0.391 e. The number of halogens is 7. The maximum absolute atomic E-state index is 13.1. The molecule has 0 radical (unpaired) electrons. The van der Waals surface area contributed by atoms with Gasteiger partial charge in [0.15, 0.2) is 12.3 Å². The van der Waals surface area contributed by atoms with Gasteiger partial charge in [-0.15, -0.1) is 0 Å². The van der Waals surface area contributed by atoms with E-state index in [-0.39, 0.29) is 77.2 Å². The van der Waals surface area contributed by atoms with E-state index >= 15 is 0 Å². The van der Waals surface area contributed by atoms with Crippen molar-refractivity contribution < 1.29 is 36.3 Å². The zero-order valence-corrected chi connectivity index (χ0v) is 23.3. The lowest BCUT2D eigenvalue weighted by molar-refractivity contribution is -0.182. The molecule has 0 aliphatic heterocycles. The Bertz CT molecular complexity index is 1450. The van der Waals surface area contributed by atoms with Crippen LogP contribution in [0.5, 0.6) is 5.88 Å². The van der Waals surface area contributed by atoms with Crippen LogP contribution in [0.4, 0.5) is 33.6 Å². The van der Waals surface area contributed by atoms with Gasteiger partial charge < -0.3 is 31.4 Å². The number of ether oxygens (including phenoxy) is 1. The monoisotopic (exact) mass is 637 g/mol. The highest BCUT2D eigenvalue weighted by Crippen LogP contribution is 2.38. The molecule has 228 valence electrons. The molecule has 1 fully saturated rings. The molecule has 1 aliphatic carbocycles. The molecule has 6 N–H and O–H groups in total. The SMILES string of the molecule is NCC(=O)NCc1ccc(Cl)c(Nc2nc3nc(OCC(F)F)c(C(=O)NC4CCC(C(F)(F)F)CC4)cc3[nH]2)c1Cl. The Morgan fingerprint density at radius 2 is 1.86 bits per heavy atom. The number of fused-ring (bicyclic) bond motifs is 1. The summed E-state index contributed by atoms with van der Waals surface area (Å²) in [6.07, 6.45) is -7.23. The van der Waals surface area contributed by atoms with Gasteiger partial charge in [0.2, 0.25) is 17.7 Å². The Morgan fingerprint density at radius 3 is 2.50 bits per heavy atom. The summed E-state index contributed by atoms with van der Waals surface area (Å²) in [5, 5.41) is 8.55. The van der Waals surface area contributed by atoms with Gasteiger partial charge in [0.05, 0.1) is 33.7 Å². The van der Waals surface area contributed by atoms with Crippen molar-refractivity contribution in [2.45, 2.75) is 50.9 Å². The van der Waals surface area contributed by atoms with Crippen LogP contribution >= 0.6 is 23.2 Å². The molecular formula is C25H26Cl2F5N7O3. The molecule has 0 unspecified atom stereocenters. The summed E-state index contributed by atoms with van der Waals surface area (Å²) in [6, 6.07) is 3.90. The first-order chi connectivity index (χ1) is 19.8. The summed E-state index contributed by atoms with van der Waals surface area (Å²) in [6.45, 7) is -1.18. The zero-order chi connectivity index (χ0) is 30.6. The molecule has 0 spiro atoms. The van der Waals surface area contributed by atoms with Gasteiger partial charge in [-0.2, -0.15) is 23.1 Å². The molecule has 0 bridgehead atoms. The van der Waals surface area contributed by atoms with Crippen molar-refractivity contribution in [1.82, 2.24) is 25.6 Å². The van der Waals surface area contributed by atoms with Gasteiger partial charge >= 0.3 is 6.18 Å². The van der Waals surface area contributed by atoms with Crippen molar-refractivity contribution >= 4 is 57.8 Å². The van der Waals surface area contributed by atoms with Crippen LogP contribution in [0.1, 0.15) is 41.6 Å². The van der Waals surface area contributed by atoms with E-state index in [1.165, 1.54) is 6.07 Å². The van der Waals surface area contributed by atoms with Gasteiger partial charge in [0, 0.05) is 12.6 Å². The number of benzene rings is 1. The molecule has 42 heavy (non-hydrogen) atoms. The van der Waals surface area contributed by atoms with Gasteiger partial charge in [-0.3, -0.25) is 9.59 Å². The fourth-order valence-corrected chi connectivity index (χ4v) is 4.99. The third kappa shape index (κ3) is 7.69. The van der Waals surface area contributed by atoms with Crippen LogP contribution in [0.25, 0.3) is 11.2 Å². The summed E-state index contributed by atoms with van der Waals surface area (Å²) in [4.78, 5) is 35.9. The molecule has 4 rings (SSSR count). The van der Waals surface area contributed by atoms with Gasteiger partial charge in [0.1, 0.15) is 5.56 Å². The minimum absolute atomic E-state index is 0.00242. The van der Waals surface area contributed by atoms with Crippen molar-refractivity contribution in [3.63, 3.8) is 0 Å². The fourth-order valence-electron chi connectivity index (χ4n) is 4.46. The number of alkyl halides is 5. The Kier molecular flexibility index (Phi) is 9.94. The maximum atomic E-state index is 13.1. The second-order valence-corrected chi connectivity index (χ2v) is 10.3. The van der Waals surface area contributed by atoms with E-state index in [2.05, 4.69) is 30.9 Å². The van der Waals surface area contributed by atoms with Crippen LogP contribution in [0.2, 0.25) is 10.0 Å². The summed E-state index contributed by atoms with van der Waals surface area (Å²) in [5.41, 5.74) is 6.07. The molecule has 10 nitrogen and oxygen atoms in total. The summed E-state index contributed by atoms with van der Waals surface area (Å²) >= 11 is 12.8. The summed E-state index contributed by atoms with van der Waals surface area (Å²) < 4.78 is 69.9. The summed E-state index contributed by atoms with van der Waals surface area (Å²) in [7, 11) is 0. The van der Waals surface area contributed by atoms with E-state index in [9.17, 15) is 31.5 Å². The number of pyridine rings is 1. The van der Waals surface area contributed by atoms with E-state index in [4.69, 9.17) is 33.7 Å². The largest absolute Gasteiger partial charge is 0.471 e. The van der Waals surface area contributed by atoms with Crippen molar-refractivity contribution in [3.8, 4) is 5.88 Å². The number of anilines is 2. The van der Waals surface area contributed by atoms with Crippen LogP contribution in [0.15, 0.2) is 18.2 Å². The number of H-pyrrole nitrogens is 1. The molecule has 2 heterocycles. The van der Waals surface area contributed by atoms with Crippen LogP contribution in [-0.4, -0.2) is 58.6 Å². The minimum atomic E-state index is -4.30. The number of nitrogens with zero attached hydrogens (tertiary/aromatic N) is 2. The molecule has 1 aromatic carbocycles. The molecule has 3 aromatic rings. The normalized spacial score (nSPS) is 17.4. The van der Waals surface area contributed by atoms with Crippen molar-refractivity contribution in [2.24, 2.45) is 11.7 Å². The van der Waals surface area contributed by atoms with Gasteiger partial charge in [-0.25, -0.2) is 8.78 Å². The average Bonchev–Trinajstić information content (AvgIpc) is 3.34. The molecule has 2 amide bonds. The summed E-state index contributed by atoms with van der Waals surface area (Å²) in [5.74, 6) is -2.91. The molecule has 17 heteroatoms. The number of hydrogen-bond acceptors (Lipinski definition) is 7. The molecule has 0 saturated heterocycles. The Labute approximate surface area is 245 Å². The quantitative estimate of drug-likeness (QED) is 0.195. The fraction of sp³-hybridized carbons (Fsp3) is 0.440. The van der Waals surface area contributed by atoms with E-state index in [0.717, 1.165) is 0 Å². The third-order valence-electron chi connectivity index (χ3n) is 6.63.